The number of ether oxygens (including phenoxy) is 1. The number of hydrogen-bond acceptors (Lipinski definition) is 7. The van der Waals surface area contributed by atoms with Crippen molar-refractivity contribution < 1.29 is 14.9 Å². The number of anilines is 1. The highest BCUT2D eigenvalue weighted by molar-refractivity contribution is 6.35. The van der Waals surface area contributed by atoms with Gasteiger partial charge < -0.3 is 15.7 Å². The quantitative estimate of drug-likeness (QED) is 0.447. The van der Waals surface area contributed by atoms with Crippen LogP contribution in [0.1, 0.15) is 0 Å². The van der Waals surface area contributed by atoms with Gasteiger partial charge in [-0.3, -0.25) is 15.5 Å². The molecule has 0 aliphatic heterocycles. The number of nitrogens with zero attached hydrogens (tertiary/aromatic N) is 3. The number of nitrogens with one attached hydrogen (secondary N) is 1. The van der Waals surface area contributed by atoms with E-state index in [4.69, 9.17) is 39.1 Å². The first-order valence-corrected chi connectivity index (χ1v) is 6.00. The van der Waals surface area contributed by atoms with E-state index in [0.717, 1.165) is 0 Å². The maximum Gasteiger partial charge on any atom is 0.374 e. The van der Waals surface area contributed by atoms with E-state index >= 15 is 0 Å². The zero-order valence-corrected chi connectivity index (χ0v) is 11.6. The lowest BCUT2D eigenvalue weighted by atomic mass is 10.3. The normalized spacial score (nSPS) is 10.4. The van der Waals surface area contributed by atoms with Gasteiger partial charge in [0.05, 0.1) is 9.95 Å². The van der Waals surface area contributed by atoms with Crippen LogP contribution in [0.25, 0.3) is 0 Å². The van der Waals surface area contributed by atoms with Crippen LogP contribution in [0.15, 0.2) is 18.2 Å². The minimum absolute atomic E-state index is 0.0335. The molecule has 1 heterocycles. The van der Waals surface area contributed by atoms with E-state index in [9.17, 15) is 15.3 Å². The van der Waals surface area contributed by atoms with Gasteiger partial charge in [-0.15, -0.1) is 4.73 Å². The zero-order valence-electron chi connectivity index (χ0n) is 10.1. The fraction of sp³-hybridized carbons (Fsp3) is 0. The van der Waals surface area contributed by atoms with Crippen LogP contribution in [0, 0.1) is 15.5 Å². The largest absolute Gasteiger partial charge is 0.432 e. The maximum atomic E-state index is 11.0. The van der Waals surface area contributed by atoms with E-state index in [0.29, 0.717) is 5.02 Å². The standard InChI is InChI=1S/C10H7Cl2N5O4/c11-4-1-2-6(5(12)3-4)21-9-7(17(19)20)8(13)16(18)10(14)15-9/h1-3,14,18H,13H2. The molecule has 0 amide bonds. The van der Waals surface area contributed by atoms with Gasteiger partial charge in [0.25, 0.3) is 5.62 Å². The molecule has 4 N–H and O–H groups in total. The van der Waals surface area contributed by atoms with Crippen LogP contribution in [0.5, 0.6) is 11.6 Å². The highest BCUT2D eigenvalue weighted by atomic mass is 35.5. The molecule has 0 spiro atoms. The van der Waals surface area contributed by atoms with Gasteiger partial charge in [0.2, 0.25) is 5.82 Å². The number of rotatable bonds is 3. The van der Waals surface area contributed by atoms with Gasteiger partial charge in [0, 0.05) is 5.02 Å². The topological polar surface area (TPSA) is 140 Å². The van der Waals surface area contributed by atoms with Crippen LogP contribution in [-0.4, -0.2) is 19.8 Å². The Bertz CT molecular complexity index is 792. The van der Waals surface area contributed by atoms with Gasteiger partial charge in [0.1, 0.15) is 5.75 Å². The van der Waals surface area contributed by atoms with Crippen LogP contribution in [0.3, 0.4) is 0 Å². The van der Waals surface area contributed by atoms with Gasteiger partial charge in [0.15, 0.2) is 0 Å². The smallest absolute Gasteiger partial charge is 0.374 e. The molecule has 0 fully saturated rings. The van der Waals surface area contributed by atoms with Crippen LogP contribution >= 0.6 is 23.2 Å². The summed E-state index contributed by atoms with van der Waals surface area (Å²) in [7, 11) is 0. The first-order chi connectivity index (χ1) is 9.81. The molecule has 2 aromatic rings. The second-order valence-electron chi connectivity index (χ2n) is 3.72. The molecule has 110 valence electrons. The van der Waals surface area contributed by atoms with Crippen molar-refractivity contribution in [1.29, 1.82) is 5.41 Å². The lowest BCUT2D eigenvalue weighted by Crippen LogP contribution is -2.25. The number of hydrogen-bond donors (Lipinski definition) is 3. The lowest BCUT2D eigenvalue weighted by molar-refractivity contribution is -0.385. The summed E-state index contributed by atoms with van der Waals surface area (Å²) in [5.74, 6) is -1.23. The summed E-state index contributed by atoms with van der Waals surface area (Å²) >= 11 is 11.6. The average molecular weight is 332 g/mol. The van der Waals surface area contributed by atoms with Crippen molar-refractivity contribution in [2.24, 2.45) is 0 Å². The van der Waals surface area contributed by atoms with E-state index in [1.165, 1.54) is 18.2 Å². The highest BCUT2D eigenvalue weighted by Crippen LogP contribution is 2.36. The third kappa shape index (κ3) is 2.83. The van der Waals surface area contributed by atoms with Crippen LogP contribution in [0.2, 0.25) is 10.0 Å². The first kappa shape index (κ1) is 14.9. The van der Waals surface area contributed by atoms with E-state index < -0.39 is 27.9 Å². The van der Waals surface area contributed by atoms with Crippen molar-refractivity contribution in [2.75, 3.05) is 5.73 Å². The minimum atomic E-state index is -0.895. The Morgan fingerprint density at radius 2 is 2.14 bits per heavy atom. The van der Waals surface area contributed by atoms with E-state index in [1.807, 2.05) is 0 Å². The molecule has 21 heavy (non-hydrogen) atoms. The summed E-state index contributed by atoms with van der Waals surface area (Å²) in [6.45, 7) is 0. The Morgan fingerprint density at radius 3 is 2.71 bits per heavy atom. The molecule has 0 unspecified atom stereocenters. The summed E-state index contributed by atoms with van der Waals surface area (Å²) < 4.78 is 5.27. The molecule has 2 rings (SSSR count). The number of benzene rings is 1. The van der Waals surface area contributed by atoms with Crippen molar-refractivity contribution in [3.63, 3.8) is 0 Å². The number of nitrogen functional groups attached to an aromatic ring is 1. The average Bonchev–Trinajstić information content (AvgIpc) is 2.39. The highest BCUT2D eigenvalue weighted by Gasteiger charge is 2.26. The van der Waals surface area contributed by atoms with E-state index in [2.05, 4.69) is 4.98 Å². The van der Waals surface area contributed by atoms with Gasteiger partial charge in [-0.05, 0) is 18.2 Å². The summed E-state index contributed by atoms with van der Waals surface area (Å²) in [5, 5.41) is 28.1. The Labute approximate surface area is 126 Å². The van der Waals surface area contributed by atoms with Crippen molar-refractivity contribution in [3.8, 4) is 11.6 Å². The van der Waals surface area contributed by atoms with Crippen molar-refractivity contribution in [1.82, 2.24) is 9.71 Å². The molecule has 0 bridgehead atoms. The molecule has 0 aliphatic carbocycles. The Kier molecular flexibility index (Phi) is 3.87. The van der Waals surface area contributed by atoms with Crippen LogP contribution in [0.4, 0.5) is 11.5 Å². The molecule has 0 saturated heterocycles. The molecular weight excluding hydrogens is 325 g/mol. The Morgan fingerprint density at radius 1 is 1.48 bits per heavy atom. The third-order valence-corrected chi connectivity index (χ3v) is 2.90. The maximum absolute atomic E-state index is 11.0. The first-order valence-electron chi connectivity index (χ1n) is 5.25. The number of nitro groups is 1. The Hall–Kier alpha value is -2.52. The van der Waals surface area contributed by atoms with Crippen molar-refractivity contribution in [2.45, 2.75) is 0 Å². The fourth-order valence-electron chi connectivity index (χ4n) is 1.43. The third-order valence-electron chi connectivity index (χ3n) is 2.36. The molecule has 0 atom stereocenters. The Balaban J connectivity index is 2.58. The summed E-state index contributed by atoms with van der Waals surface area (Å²) in [4.78, 5) is 13.6. The van der Waals surface area contributed by atoms with Crippen molar-refractivity contribution in [3.05, 3.63) is 44.0 Å². The molecule has 1 aromatic heterocycles. The van der Waals surface area contributed by atoms with E-state index in [-0.39, 0.29) is 15.5 Å². The zero-order chi connectivity index (χ0) is 15.7. The minimum Gasteiger partial charge on any atom is -0.432 e. The summed E-state index contributed by atoms with van der Waals surface area (Å²) in [5.41, 5.74) is 3.85. The van der Waals surface area contributed by atoms with Crippen molar-refractivity contribution >= 4 is 34.7 Å². The molecule has 9 nitrogen and oxygen atoms in total. The van der Waals surface area contributed by atoms with Gasteiger partial charge in [-0.25, -0.2) is 0 Å². The predicted octanol–water partition coefficient (Wildman–Crippen LogP) is 2.19. The fourth-order valence-corrected chi connectivity index (χ4v) is 1.87. The molecule has 0 aliphatic rings. The SMILES string of the molecule is N=c1nc(Oc2ccc(Cl)cc2Cl)c([N+](=O)[O-])c(N)n1O. The molecule has 0 radical (unpaired) electrons. The van der Waals surface area contributed by atoms with Crippen LogP contribution < -0.4 is 16.1 Å². The summed E-state index contributed by atoms with van der Waals surface area (Å²) in [6, 6.07) is 4.19. The van der Waals surface area contributed by atoms with Gasteiger partial charge >= 0.3 is 11.6 Å². The predicted molar refractivity (Wildman–Crippen MR) is 72.9 cm³/mol. The second kappa shape index (κ2) is 5.46. The lowest BCUT2D eigenvalue weighted by Gasteiger charge is -2.09. The summed E-state index contributed by atoms with van der Waals surface area (Å²) in [6.07, 6.45) is 0. The monoisotopic (exact) mass is 331 g/mol. The number of halogens is 2. The van der Waals surface area contributed by atoms with E-state index in [1.54, 1.807) is 0 Å². The number of aromatic nitrogens is 2. The second-order valence-corrected chi connectivity index (χ2v) is 4.56. The van der Waals surface area contributed by atoms with Gasteiger partial charge in [-0.1, -0.05) is 23.2 Å². The molecule has 1 aromatic carbocycles. The number of nitrogens with two attached hydrogens (primary N) is 1. The van der Waals surface area contributed by atoms with Gasteiger partial charge in [-0.2, -0.15) is 4.98 Å². The van der Waals surface area contributed by atoms with Crippen LogP contribution in [-0.2, 0) is 0 Å². The molecule has 0 saturated carbocycles. The molecular formula is C10H7Cl2N5O4. The molecule has 11 heteroatoms.